The molecule has 0 amide bonds. The Bertz CT molecular complexity index is 585. The third kappa shape index (κ3) is 3.29. The molecule has 100 valence electrons. The second-order valence-corrected chi connectivity index (χ2v) is 6.07. The van der Waals surface area contributed by atoms with Crippen molar-refractivity contribution >= 4 is 16.3 Å². The summed E-state index contributed by atoms with van der Waals surface area (Å²) >= 11 is 0.913. The zero-order chi connectivity index (χ0) is 14.0. The fourth-order valence-corrected chi connectivity index (χ4v) is 2.11. The van der Waals surface area contributed by atoms with Gasteiger partial charge in [0.25, 0.3) is 5.19 Å². The zero-order valence-corrected chi connectivity index (χ0v) is 11.7. The van der Waals surface area contributed by atoms with Gasteiger partial charge in [-0.25, -0.2) is 4.98 Å². The van der Waals surface area contributed by atoms with Crippen molar-refractivity contribution in [3.63, 3.8) is 0 Å². The van der Waals surface area contributed by atoms with Gasteiger partial charge in [0.05, 0.1) is 4.92 Å². The van der Waals surface area contributed by atoms with Crippen LogP contribution in [-0.2, 0) is 5.41 Å². The first kappa shape index (κ1) is 13.5. The standard InChI is InChI=1S/C13H14N2O3S/c1-13(2,3)9-4-6-10(7-5-9)18-12-14-8-11(19-12)15(16)17/h4-8H,1-3H3. The molecule has 0 unspecified atom stereocenters. The lowest BCUT2D eigenvalue weighted by molar-refractivity contribution is -0.380. The molecule has 1 aromatic heterocycles. The summed E-state index contributed by atoms with van der Waals surface area (Å²) in [4.78, 5) is 13.9. The second kappa shape index (κ2) is 4.97. The van der Waals surface area contributed by atoms with Gasteiger partial charge in [0.1, 0.15) is 11.9 Å². The molecule has 0 spiro atoms. The molecule has 0 fully saturated rings. The Hall–Kier alpha value is -1.95. The number of nitro groups is 1. The number of benzene rings is 1. The van der Waals surface area contributed by atoms with E-state index in [0.29, 0.717) is 5.75 Å². The quantitative estimate of drug-likeness (QED) is 0.625. The van der Waals surface area contributed by atoms with Gasteiger partial charge in [0, 0.05) is 0 Å². The molecule has 1 aromatic carbocycles. The lowest BCUT2D eigenvalue weighted by Crippen LogP contribution is -2.10. The summed E-state index contributed by atoms with van der Waals surface area (Å²) in [6.07, 6.45) is 1.20. The van der Waals surface area contributed by atoms with Gasteiger partial charge in [-0.2, -0.15) is 0 Å². The third-order valence-corrected chi connectivity index (χ3v) is 3.40. The van der Waals surface area contributed by atoms with E-state index in [1.165, 1.54) is 11.8 Å². The molecule has 2 aromatic rings. The van der Waals surface area contributed by atoms with Crippen LogP contribution in [0.1, 0.15) is 26.3 Å². The molecule has 0 aliphatic carbocycles. The highest BCUT2D eigenvalue weighted by Gasteiger charge is 2.15. The van der Waals surface area contributed by atoms with Crippen LogP contribution in [0.5, 0.6) is 10.9 Å². The SMILES string of the molecule is CC(C)(C)c1ccc(Oc2ncc([N+](=O)[O-])s2)cc1. The van der Waals surface area contributed by atoms with E-state index in [0.717, 1.165) is 11.3 Å². The fraction of sp³-hybridized carbons (Fsp3) is 0.308. The van der Waals surface area contributed by atoms with Gasteiger partial charge in [-0.1, -0.05) is 32.9 Å². The average molecular weight is 278 g/mol. The Morgan fingerprint density at radius 3 is 2.37 bits per heavy atom. The Labute approximate surface area is 115 Å². The lowest BCUT2D eigenvalue weighted by atomic mass is 9.87. The number of rotatable bonds is 3. The van der Waals surface area contributed by atoms with Crippen LogP contribution in [0, 0.1) is 10.1 Å². The molecular weight excluding hydrogens is 264 g/mol. The van der Waals surface area contributed by atoms with Crippen molar-refractivity contribution in [2.75, 3.05) is 0 Å². The summed E-state index contributed by atoms with van der Waals surface area (Å²) in [5.41, 5.74) is 1.28. The first-order chi connectivity index (χ1) is 8.86. The molecule has 5 nitrogen and oxygen atoms in total. The molecule has 0 atom stereocenters. The molecule has 0 N–H and O–H groups in total. The topological polar surface area (TPSA) is 65.3 Å². The largest absolute Gasteiger partial charge is 0.431 e. The Balaban J connectivity index is 2.13. The van der Waals surface area contributed by atoms with Gasteiger partial charge in [0.15, 0.2) is 0 Å². The molecule has 0 saturated heterocycles. The van der Waals surface area contributed by atoms with Crippen LogP contribution >= 0.6 is 11.3 Å². The van der Waals surface area contributed by atoms with E-state index in [2.05, 4.69) is 25.8 Å². The Morgan fingerprint density at radius 1 is 1.26 bits per heavy atom. The maximum atomic E-state index is 10.5. The van der Waals surface area contributed by atoms with E-state index in [1.54, 1.807) is 0 Å². The highest BCUT2D eigenvalue weighted by Crippen LogP contribution is 2.32. The van der Waals surface area contributed by atoms with Crippen molar-refractivity contribution in [2.45, 2.75) is 26.2 Å². The van der Waals surface area contributed by atoms with E-state index >= 15 is 0 Å². The van der Waals surface area contributed by atoms with E-state index in [4.69, 9.17) is 4.74 Å². The third-order valence-electron chi connectivity index (χ3n) is 2.58. The zero-order valence-electron chi connectivity index (χ0n) is 10.9. The van der Waals surface area contributed by atoms with Gasteiger partial charge < -0.3 is 4.74 Å². The fourth-order valence-electron chi connectivity index (χ4n) is 1.51. The van der Waals surface area contributed by atoms with Crippen molar-refractivity contribution in [3.05, 3.63) is 46.1 Å². The summed E-state index contributed by atoms with van der Waals surface area (Å²) in [5, 5.41) is 10.8. The van der Waals surface area contributed by atoms with Gasteiger partial charge >= 0.3 is 5.00 Å². The van der Waals surface area contributed by atoms with Crippen LogP contribution in [0.4, 0.5) is 5.00 Å². The molecule has 0 aliphatic rings. The van der Waals surface area contributed by atoms with Gasteiger partial charge in [-0.05, 0) is 34.4 Å². The van der Waals surface area contributed by atoms with Crippen LogP contribution in [0.3, 0.4) is 0 Å². The number of aromatic nitrogens is 1. The first-order valence-electron chi connectivity index (χ1n) is 5.75. The smallest absolute Gasteiger partial charge is 0.347 e. The van der Waals surface area contributed by atoms with E-state index in [9.17, 15) is 10.1 Å². The summed E-state index contributed by atoms with van der Waals surface area (Å²) in [6, 6.07) is 7.65. The molecule has 0 aliphatic heterocycles. The minimum absolute atomic E-state index is 0.0266. The van der Waals surface area contributed by atoms with Gasteiger partial charge in [0.2, 0.25) is 0 Å². The maximum absolute atomic E-state index is 10.5. The average Bonchev–Trinajstić information content (AvgIpc) is 2.77. The van der Waals surface area contributed by atoms with E-state index in [1.807, 2.05) is 24.3 Å². The van der Waals surface area contributed by atoms with Crippen molar-refractivity contribution in [1.82, 2.24) is 4.98 Å². The minimum Gasteiger partial charge on any atom is -0.431 e. The number of hydrogen-bond donors (Lipinski definition) is 0. The van der Waals surface area contributed by atoms with E-state index in [-0.39, 0.29) is 15.6 Å². The van der Waals surface area contributed by atoms with Crippen LogP contribution < -0.4 is 4.74 Å². The molecule has 0 bridgehead atoms. The van der Waals surface area contributed by atoms with Gasteiger partial charge in [-0.3, -0.25) is 10.1 Å². The molecule has 2 rings (SSSR count). The van der Waals surface area contributed by atoms with Crippen molar-refractivity contribution in [3.8, 4) is 10.9 Å². The summed E-state index contributed by atoms with van der Waals surface area (Å²) in [7, 11) is 0. The van der Waals surface area contributed by atoms with Crippen LogP contribution in [0.2, 0.25) is 0 Å². The predicted octanol–water partition coefficient (Wildman–Crippen LogP) is 4.14. The monoisotopic (exact) mass is 278 g/mol. The summed E-state index contributed by atoms with van der Waals surface area (Å²) in [6.45, 7) is 6.40. The molecule has 19 heavy (non-hydrogen) atoms. The number of nitrogens with zero attached hydrogens (tertiary/aromatic N) is 2. The lowest BCUT2D eigenvalue weighted by Gasteiger charge is -2.18. The van der Waals surface area contributed by atoms with Crippen LogP contribution in [0.15, 0.2) is 30.5 Å². The van der Waals surface area contributed by atoms with Gasteiger partial charge in [-0.15, -0.1) is 0 Å². The normalized spacial score (nSPS) is 11.3. The summed E-state index contributed by atoms with van der Waals surface area (Å²) < 4.78 is 5.48. The molecular formula is C13H14N2O3S. The minimum atomic E-state index is -0.479. The van der Waals surface area contributed by atoms with E-state index < -0.39 is 4.92 Å². The molecule has 1 heterocycles. The Morgan fingerprint density at radius 2 is 1.89 bits per heavy atom. The molecule has 6 heteroatoms. The van der Waals surface area contributed by atoms with Crippen LogP contribution in [0.25, 0.3) is 0 Å². The van der Waals surface area contributed by atoms with Crippen LogP contribution in [-0.4, -0.2) is 9.91 Å². The van der Waals surface area contributed by atoms with Crippen molar-refractivity contribution in [1.29, 1.82) is 0 Å². The number of thiazole rings is 1. The highest BCUT2D eigenvalue weighted by atomic mass is 32.1. The second-order valence-electron chi connectivity index (χ2n) is 5.10. The Kier molecular flexibility index (Phi) is 3.53. The molecule has 0 radical (unpaired) electrons. The summed E-state index contributed by atoms with van der Waals surface area (Å²) in [5.74, 6) is 0.622. The first-order valence-corrected chi connectivity index (χ1v) is 6.56. The predicted molar refractivity (Wildman–Crippen MR) is 74.0 cm³/mol. The maximum Gasteiger partial charge on any atom is 0.347 e. The number of hydrogen-bond acceptors (Lipinski definition) is 5. The van der Waals surface area contributed by atoms with Crippen molar-refractivity contribution < 1.29 is 9.66 Å². The highest BCUT2D eigenvalue weighted by molar-refractivity contribution is 7.16. The molecule has 0 saturated carbocycles. The van der Waals surface area contributed by atoms with Crippen molar-refractivity contribution in [2.24, 2.45) is 0 Å². The number of ether oxygens (including phenoxy) is 1.